The van der Waals surface area contributed by atoms with E-state index in [9.17, 15) is 0 Å². The molecule has 0 unspecified atom stereocenters. The normalized spacial score (nSPS) is 17.8. The lowest BCUT2D eigenvalue weighted by Crippen LogP contribution is -2.30. The lowest BCUT2D eigenvalue weighted by molar-refractivity contribution is -0.693. The van der Waals surface area contributed by atoms with Gasteiger partial charge in [-0.25, -0.2) is 4.57 Å². The molecule has 146 valence electrons. The average Bonchev–Trinajstić information content (AvgIpc) is 2.66. The van der Waals surface area contributed by atoms with Gasteiger partial charge in [0.1, 0.15) is 6.54 Å². The minimum Gasteiger partial charge on any atom is -0.378 e. The Balaban J connectivity index is 1.81. The summed E-state index contributed by atoms with van der Waals surface area (Å²) < 4.78 is 2.19. The maximum absolute atomic E-state index is 2.37. The SMILES string of the molecule is CC[n+]1ccc(C=C2C=C(C=Cc3ccc(N(C)C)cc3)CC(C)(C)C2)cc1. The molecule has 1 aromatic carbocycles. The van der Waals surface area contributed by atoms with Gasteiger partial charge in [-0.15, -0.1) is 0 Å². The van der Waals surface area contributed by atoms with Crippen LogP contribution in [-0.2, 0) is 6.54 Å². The van der Waals surface area contributed by atoms with Gasteiger partial charge in [0.15, 0.2) is 12.4 Å². The molecule has 0 N–H and O–H groups in total. The molecule has 2 heteroatoms. The zero-order valence-electron chi connectivity index (χ0n) is 17.9. The fraction of sp³-hybridized carbons (Fsp3) is 0.346. The zero-order valence-corrected chi connectivity index (χ0v) is 17.9. The van der Waals surface area contributed by atoms with E-state index in [0.29, 0.717) is 0 Å². The number of benzene rings is 1. The summed E-state index contributed by atoms with van der Waals surface area (Å²) in [7, 11) is 4.14. The molecule has 0 fully saturated rings. The largest absolute Gasteiger partial charge is 0.378 e. The molecule has 0 amide bonds. The van der Waals surface area contributed by atoms with Crippen LogP contribution in [0.1, 0.15) is 44.7 Å². The van der Waals surface area contributed by atoms with Crippen molar-refractivity contribution in [2.45, 2.75) is 40.2 Å². The second-order valence-electron chi connectivity index (χ2n) is 8.74. The topological polar surface area (TPSA) is 7.12 Å². The highest BCUT2D eigenvalue weighted by molar-refractivity contribution is 5.61. The Bertz CT molecular complexity index is 879. The van der Waals surface area contributed by atoms with Crippen LogP contribution in [0.3, 0.4) is 0 Å². The first kappa shape index (κ1) is 20.1. The fourth-order valence-electron chi connectivity index (χ4n) is 3.78. The van der Waals surface area contributed by atoms with Crippen molar-refractivity contribution in [1.29, 1.82) is 0 Å². The summed E-state index contributed by atoms with van der Waals surface area (Å²) in [5.41, 5.74) is 6.84. The zero-order chi connectivity index (χ0) is 20.1. The van der Waals surface area contributed by atoms with Crippen molar-refractivity contribution in [3.05, 3.63) is 83.2 Å². The van der Waals surface area contributed by atoms with Gasteiger partial charge in [0.25, 0.3) is 0 Å². The quantitative estimate of drug-likeness (QED) is 0.592. The first-order chi connectivity index (χ1) is 13.3. The van der Waals surface area contributed by atoms with Crippen molar-refractivity contribution in [2.24, 2.45) is 5.41 Å². The van der Waals surface area contributed by atoms with Crippen molar-refractivity contribution >= 4 is 17.8 Å². The molecule has 0 saturated heterocycles. The van der Waals surface area contributed by atoms with Crippen molar-refractivity contribution < 1.29 is 4.57 Å². The van der Waals surface area contributed by atoms with Gasteiger partial charge < -0.3 is 4.90 Å². The van der Waals surface area contributed by atoms with Gasteiger partial charge in [-0.1, -0.05) is 50.3 Å². The Morgan fingerprint density at radius 1 is 0.929 bits per heavy atom. The lowest BCUT2D eigenvalue weighted by atomic mass is 9.75. The van der Waals surface area contributed by atoms with Crippen LogP contribution in [0.25, 0.3) is 12.2 Å². The minimum absolute atomic E-state index is 0.285. The molecule has 2 aromatic rings. The number of aromatic nitrogens is 1. The number of allylic oxidation sites excluding steroid dienone is 4. The third-order valence-corrected chi connectivity index (χ3v) is 5.27. The Morgan fingerprint density at radius 2 is 1.61 bits per heavy atom. The first-order valence-electron chi connectivity index (χ1n) is 10.2. The van der Waals surface area contributed by atoms with Gasteiger partial charge in [0.05, 0.1) is 0 Å². The molecular weight excluding hydrogens is 340 g/mol. The minimum atomic E-state index is 0.285. The standard InChI is InChI=1S/C26H33N2/c1-6-28-15-13-22(14-16-28)17-24-18-23(19-26(2,3)20-24)8-7-21-9-11-25(12-10-21)27(4)5/h7-18H,6,19-20H2,1-5H3/q+1. The summed E-state index contributed by atoms with van der Waals surface area (Å²) >= 11 is 0. The number of hydrogen-bond donors (Lipinski definition) is 0. The summed E-state index contributed by atoms with van der Waals surface area (Å²) in [6, 6.07) is 13.1. The van der Waals surface area contributed by atoms with E-state index in [1.54, 1.807) is 0 Å². The van der Waals surface area contributed by atoms with E-state index in [2.05, 4.69) is 117 Å². The maximum atomic E-state index is 2.37. The van der Waals surface area contributed by atoms with E-state index in [1.807, 2.05) is 0 Å². The molecule has 0 saturated carbocycles. The molecule has 2 nitrogen and oxygen atoms in total. The van der Waals surface area contributed by atoms with E-state index >= 15 is 0 Å². The van der Waals surface area contributed by atoms with Gasteiger partial charge in [-0.05, 0) is 59.6 Å². The lowest BCUT2D eigenvalue weighted by Gasteiger charge is -2.30. The summed E-state index contributed by atoms with van der Waals surface area (Å²) in [4.78, 5) is 2.13. The van der Waals surface area contributed by atoms with Crippen molar-refractivity contribution in [3.8, 4) is 0 Å². The molecule has 1 heterocycles. The third kappa shape index (κ3) is 5.45. The molecule has 3 rings (SSSR count). The van der Waals surface area contributed by atoms with Crippen molar-refractivity contribution in [2.75, 3.05) is 19.0 Å². The molecule has 28 heavy (non-hydrogen) atoms. The maximum Gasteiger partial charge on any atom is 0.169 e. The van der Waals surface area contributed by atoms with Crippen LogP contribution >= 0.6 is 0 Å². The van der Waals surface area contributed by atoms with Crippen LogP contribution in [-0.4, -0.2) is 14.1 Å². The second kappa shape index (κ2) is 8.60. The third-order valence-electron chi connectivity index (χ3n) is 5.27. The molecular formula is C26H33N2+. The Kier molecular flexibility index (Phi) is 6.18. The van der Waals surface area contributed by atoms with Gasteiger partial charge in [0.2, 0.25) is 0 Å². The number of anilines is 1. The Morgan fingerprint density at radius 3 is 2.21 bits per heavy atom. The van der Waals surface area contributed by atoms with Crippen molar-refractivity contribution in [3.63, 3.8) is 0 Å². The number of aryl methyl sites for hydroxylation is 1. The summed E-state index contributed by atoms with van der Waals surface area (Å²) in [6.07, 6.45) is 15.8. The van der Waals surface area contributed by atoms with E-state index in [-0.39, 0.29) is 5.41 Å². The number of rotatable bonds is 5. The van der Waals surface area contributed by atoms with Crippen LogP contribution in [0, 0.1) is 5.41 Å². The molecule has 0 atom stereocenters. The first-order valence-corrected chi connectivity index (χ1v) is 10.2. The molecule has 0 bridgehead atoms. The summed E-state index contributed by atoms with van der Waals surface area (Å²) in [6.45, 7) is 7.90. The van der Waals surface area contributed by atoms with Crippen LogP contribution in [0.5, 0.6) is 0 Å². The highest BCUT2D eigenvalue weighted by Gasteiger charge is 2.24. The second-order valence-corrected chi connectivity index (χ2v) is 8.74. The average molecular weight is 374 g/mol. The van der Waals surface area contributed by atoms with Crippen LogP contribution in [0.2, 0.25) is 0 Å². The number of nitrogens with zero attached hydrogens (tertiary/aromatic N) is 2. The highest BCUT2D eigenvalue weighted by Crippen LogP contribution is 2.39. The summed E-state index contributed by atoms with van der Waals surface area (Å²) in [5.74, 6) is 0. The Labute approximate surface area is 170 Å². The molecule has 0 radical (unpaired) electrons. The van der Waals surface area contributed by atoms with Gasteiger partial charge in [0, 0.05) is 31.9 Å². The Hall–Kier alpha value is -2.61. The molecule has 0 aliphatic heterocycles. The van der Waals surface area contributed by atoms with Crippen molar-refractivity contribution in [1.82, 2.24) is 0 Å². The highest BCUT2D eigenvalue weighted by atomic mass is 15.1. The summed E-state index contributed by atoms with van der Waals surface area (Å²) in [5, 5.41) is 0. The van der Waals surface area contributed by atoms with E-state index < -0.39 is 0 Å². The van der Waals surface area contributed by atoms with E-state index in [4.69, 9.17) is 0 Å². The predicted octanol–water partition coefficient (Wildman–Crippen LogP) is 5.90. The number of pyridine rings is 1. The molecule has 1 aliphatic rings. The smallest absolute Gasteiger partial charge is 0.169 e. The van der Waals surface area contributed by atoms with Crippen LogP contribution in [0.4, 0.5) is 5.69 Å². The van der Waals surface area contributed by atoms with Crippen LogP contribution < -0.4 is 9.47 Å². The number of hydrogen-bond acceptors (Lipinski definition) is 1. The predicted molar refractivity (Wildman–Crippen MR) is 121 cm³/mol. The van der Waals surface area contributed by atoms with E-state index in [1.165, 1.54) is 28.0 Å². The van der Waals surface area contributed by atoms with Crippen LogP contribution in [0.15, 0.2) is 72.1 Å². The van der Waals surface area contributed by atoms with Gasteiger partial charge in [-0.3, -0.25) is 0 Å². The molecule has 1 aromatic heterocycles. The molecule has 0 spiro atoms. The molecule has 1 aliphatic carbocycles. The fourth-order valence-corrected chi connectivity index (χ4v) is 3.78. The van der Waals surface area contributed by atoms with E-state index in [0.717, 1.165) is 19.4 Å². The van der Waals surface area contributed by atoms with Gasteiger partial charge in [-0.2, -0.15) is 0 Å². The monoisotopic (exact) mass is 373 g/mol. The van der Waals surface area contributed by atoms with Gasteiger partial charge >= 0.3 is 0 Å².